The molecular formula is C14H25N3O2. The quantitative estimate of drug-likeness (QED) is 0.840. The van der Waals surface area contributed by atoms with Crippen molar-refractivity contribution in [1.82, 2.24) is 15.1 Å². The second-order valence-electron chi connectivity index (χ2n) is 5.62. The summed E-state index contributed by atoms with van der Waals surface area (Å²) in [5, 5.41) is 17.2. The first kappa shape index (κ1) is 14.5. The summed E-state index contributed by atoms with van der Waals surface area (Å²) in [7, 11) is 0. The molecule has 0 atom stereocenters. The van der Waals surface area contributed by atoms with Crippen molar-refractivity contribution in [2.24, 2.45) is 0 Å². The van der Waals surface area contributed by atoms with E-state index in [1.807, 2.05) is 11.6 Å². The summed E-state index contributed by atoms with van der Waals surface area (Å²) in [4.78, 5) is 0. The summed E-state index contributed by atoms with van der Waals surface area (Å²) >= 11 is 0. The van der Waals surface area contributed by atoms with Gasteiger partial charge in [-0.1, -0.05) is 0 Å². The molecular weight excluding hydrogens is 242 g/mol. The van der Waals surface area contributed by atoms with E-state index >= 15 is 0 Å². The zero-order chi connectivity index (χ0) is 13.9. The van der Waals surface area contributed by atoms with E-state index in [-0.39, 0.29) is 12.1 Å². The van der Waals surface area contributed by atoms with Crippen LogP contribution in [0.5, 0.6) is 0 Å². The van der Waals surface area contributed by atoms with Gasteiger partial charge in [0.2, 0.25) is 0 Å². The Morgan fingerprint density at radius 3 is 2.68 bits per heavy atom. The van der Waals surface area contributed by atoms with E-state index in [0.717, 1.165) is 44.0 Å². The number of hydrogen-bond acceptors (Lipinski definition) is 4. The summed E-state index contributed by atoms with van der Waals surface area (Å²) < 4.78 is 7.30. The lowest BCUT2D eigenvalue weighted by atomic mass is 9.92. The molecule has 1 fully saturated rings. The minimum atomic E-state index is 0.129. The van der Waals surface area contributed by atoms with Crippen LogP contribution in [0.4, 0.5) is 0 Å². The number of aromatic nitrogens is 2. The first-order valence-electron chi connectivity index (χ1n) is 7.02. The molecule has 2 N–H and O–H groups in total. The van der Waals surface area contributed by atoms with Gasteiger partial charge in [-0.2, -0.15) is 5.10 Å². The fourth-order valence-electron chi connectivity index (χ4n) is 2.60. The predicted octanol–water partition coefficient (Wildman–Crippen LogP) is 1.15. The zero-order valence-corrected chi connectivity index (χ0v) is 12.2. The van der Waals surface area contributed by atoms with Crippen LogP contribution in [-0.4, -0.2) is 40.2 Å². The van der Waals surface area contributed by atoms with Gasteiger partial charge in [0.05, 0.1) is 18.8 Å². The molecule has 0 unspecified atom stereocenters. The number of aryl methyl sites for hydroxylation is 1. The molecule has 108 valence electrons. The van der Waals surface area contributed by atoms with Crippen LogP contribution in [0.2, 0.25) is 0 Å². The number of aliphatic hydroxyl groups is 1. The van der Waals surface area contributed by atoms with Crippen LogP contribution in [0, 0.1) is 13.8 Å². The fraction of sp³-hybridized carbons (Fsp3) is 0.786. The predicted molar refractivity (Wildman–Crippen MR) is 74.1 cm³/mol. The molecule has 0 amide bonds. The number of nitrogens with one attached hydrogen (secondary N) is 1. The van der Waals surface area contributed by atoms with E-state index in [2.05, 4.69) is 24.3 Å². The molecule has 5 nitrogen and oxygen atoms in total. The third kappa shape index (κ3) is 3.35. The number of nitrogens with zero attached hydrogens (tertiary/aromatic N) is 2. The largest absolute Gasteiger partial charge is 0.394 e. The zero-order valence-electron chi connectivity index (χ0n) is 12.2. The Bertz CT molecular complexity index is 423. The SMILES string of the molecule is Cc1nn(CCO)c(C)c1CNC1(C)CCOCC1. The highest BCUT2D eigenvalue weighted by Gasteiger charge is 2.27. The van der Waals surface area contributed by atoms with E-state index < -0.39 is 0 Å². The normalized spacial score (nSPS) is 18.7. The van der Waals surface area contributed by atoms with Gasteiger partial charge in [-0.05, 0) is 33.6 Å². The Labute approximate surface area is 115 Å². The maximum absolute atomic E-state index is 9.03. The average molecular weight is 267 g/mol. The van der Waals surface area contributed by atoms with E-state index in [1.54, 1.807) is 0 Å². The van der Waals surface area contributed by atoms with Gasteiger partial charge < -0.3 is 15.2 Å². The second-order valence-corrected chi connectivity index (χ2v) is 5.62. The van der Waals surface area contributed by atoms with Crippen LogP contribution in [-0.2, 0) is 17.8 Å². The lowest BCUT2D eigenvalue weighted by molar-refractivity contribution is 0.0446. The molecule has 1 aliphatic rings. The fourth-order valence-corrected chi connectivity index (χ4v) is 2.60. The van der Waals surface area contributed by atoms with Gasteiger partial charge in [-0.25, -0.2) is 0 Å². The topological polar surface area (TPSA) is 59.3 Å². The summed E-state index contributed by atoms with van der Waals surface area (Å²) in [6.07, 6.45) is 2.10. The van der Waals surface area contributed by atoms with Gasteiger partial charge in [0.15, 0.2) is 0 Å². The third-order valence-electron chi connectivity index (χ3n) is 4.13. The van der Waals surface area contributed by atoms with E-state index in [0.29, 0.717) is 6.54 Å². The molecule has 19 heavy (non-hydrogen) atoms. The van der Waals surface area contributed by atoms with Crippen molar-refractivity contribution in [1.29, 1.82) is 0 Å². The van der Waals surface area contributed by atoms with Crippen molar-refractivity contribution >= 4 is 0 Å². The van der Waals surface area contributed by atoms with Crippen LogP contribution in [0.15, 0.2) is 0 Å². The second kappa shape index (κ2) is 6.03. The minimum absolute atomic E-state index is 0.129. The van der Waals surface area contributed by atoms with Gasteiger partial charge in [-0.15, -0.1) is 0 Å². The van der Waals surface area contributed by atoms with Crippen molar-refractivity contribution in [3.05, 3.63) is 17.0 Å². The van der Waals surface area contributed by atoms with Crippen molar-refractivity contribution in [2.45, 2.75) is 52.2 Å². The lowest BCUT2D eigenvalue weighted by Gasteiger charge is -2.34. The van der Waals surface area contributed by atoms with Crippen LogP contribution in [0.3, 0.4) is 0 Å². The summed E-state index contributed by atoms with van der Waals surface area (Å²) in [5.41, 5.74) is 3.61. The number of hydrogen-bond donors (Lipinski definition) is 2. The minimum Gasteiger partial charge on any atom is -0.394 e. The van der Waals surface area contributed by atoms with Crippen LogP contribution < -0.4 is 5.32 Å². The molecule has 1 aromatic heterocycles. The van der Waals surface area contributed by atoms with Gasteiger partial charge in [0.1, 0.15) is 0 Å². The van der Waals surface area contributed by atoms with Gasteiger partial charge in [0.25, 0.3) is 0 Å². The highest BCUT2D eigenvalue weighted by atomic mass is 16.5. The van der Waals surface area contributed by atoms with Crippen molar-refractivity contribution in [3.63, 3.8) is 0 Å². The highest BCUT2D eigenvalue weighted by molar-refractivity contribution is 5.24. The molecule has 1 aliphatic heterocycles. The van der Waals surface area contributed by atoms with Crippen LogP contribution in [0.1, 0.15) is 36.7 Å². The van der Waals surface area contributed by atoms with E-state index in [1.165, 1.54) is 5.56 Å². The lowest BCUT2D eigenvalue weighted by Crippen LogP contribution is -2.46. The molecule has 0 aliphatic carbocycles. The molecule has 0 radical (unpaired) electrons. The monoisotopic (exact) mass is 267 g/mol. The summed E-state index contributed by atoms with van der Waals surface area (Å²) in [5.74, 6) is 0. The molecule has 0 saturated carbocycles. The molecule has 0 spiro atoms. The average Bonchev–Trinajstić information content (AvgIpc) is 2.64. The highest BCUT2D eigenvalue weighted by Crippen LogP contribution is 2.21. The van der Waals surface area contributed by atoms with Crippen molar-refractivity contribution in [3.8, 4) is 0 Å². The van der Waals surface area contributed by atoms with Crippen molar-refractivity contribution in [2.75, 3.05) is 19.8 Å². The molecule has 0 aromatic carbocycles. The van der Waals surface area contributed by atoms with E-state index in [9.17, 15) is 0 Å². The third-order valence-corrected chi connectivity index (χ3v) is 4.13. The first-order valence-corrected chi connectivity index (χ1v) is 7.02. The van der Waals surface area contributed by atoms with Crippen molar-refractivity contribution < 1.29 is 9.84 Å². The van der Waals surface area contributed by atoms with E-state index in [4.69, 9.17) is 9.84 Å². The molecule has 0 bridgehead atoms. The smallest absolute Gasteiger partial charge is 0.0644 e. The van der Waals surface area contributed by atoms with Gasteiger partial charge in [-0.3, -0.25) is 4.68 Å². The summed E-state index contributed by atoms with van der Waals surface area (Å²) in [6, 6.07) is 0. The standard InChI is InChI=1S/C14H25N3O2/c1-11-13(12(2)17(16-11)6-7-18)10-15-14(3)4-8-19-9-5-14/h15,18H,4-10H2,1-3H3. The first-order chi connectivity index (χ1) is 9.06. The molecule has 5 heteroatoms. The maximum atomic E-state index is 9.03. The Morgan fingerprint density at radius 1 is 1.37 bits per heavy atom. The molecule has 2 rings (SSSR count). The van der Waals surface area contributed by atoms with Crippen LogP contribution >= 0.6 is 0 Å². The number of aliphatic hydroxyl groups excluding tert-OH is 1. The summed E-state index contributed by atoms with van der Waals surface area (Å²) in [6.45, 7) is 9.57. The maximum Gasteiger partial charge on any atom is 0.0644 e. The number of ether oxygens (including phenoxy) is 1. The number of rotatable bonds is 5. The Hall–Kier alpha value is -0.910. The molecule has 1 aromatic rings. The van der Waals surface area contributed by atoms with Crippen LogP contribution in [0.25, 0.3) is 0 Å². The molecule has 2 heterocycles. The van der Waals surface area contributed by atoms with Gasteiger partial charge >= 0.3 is 0 Å². The Kier molecular flexibility index (Phi) is 4.60. The Balaban J connectivity index is 2.02. The van der Waals surface area contributed by atoms with Gasteiger partial charge in [0, 0.05) is 36.6 Å². The Morgan fingerprint density at radius 2 is 2.05 bits per heavy atom. The molecule has 1 saturated heterocycles.